The van der Waals surface area contributed by atoms with Crippen LogP contribution in [0.1, 0.15) is 18.9 Å². The van der Waals surface area contributed by atoms with Gasteiger partial charge < -0.3 is 10.2 Å². The molecule has 0 heterocycles. The molecule has 0 aromatic heterocycles. The van der Waals surface area contributed by atoms with Crippen molar-refractivity contribution in [3.8, 4) is 0 Å². The quantitative estimate of drug-likeness (QED) is 0.397. The molecule has 0 bridgehead atoms. The Morgan fingerprint density at radius 1 is 0.917 bits per heavy atom. The van der Waals surface area contributed by atoms with E-state index in [1.54, 1.807) is 25.1 Å². The third-order valence-corrected chi connectivity index (χ3v) is 7.80. The molecular formula is C26H27Cl2N3O4S. The maximum absolute atomic E-state index is 13.8. The molecule has 0 unspecified atom stereocenters. The Balaban J connectivity index is 2.07. The van der Waals surface area contributed by atoms with E-state index in [4.69, 9.17) is 23.2 Å². The van der Waals surface area contributed by atoms with Crippen LogP contribution in [0.3, 0.4) is 0 Å². The summed E-state index contributed by atoms with van der Waals surface area (Å²) in [6.07, 6.45) is 0.340. The molecule has 7 nitrogen and oxygen atoms in total. The van der Waals surface area contributed by atoms with Gasteiger partial charge in [-0.2, -0.15) is 0 Å². The molecule has 0 radical (unpaired) electrons. The molecule has 0 fully saturated rings. The van der Waals surface area contributed by atoms with Gasteiger partial charge in [0.1, 0.15) is 12.6 Å². The van der Waals surface area contributed by atoms with E-state index in [2.05, 4.69) is 5.32 Å². The molecule has 3 aromatic rings. The summed E-state index contributed by atoms with van der Waals surface area (Å²) in [6.45, 7) is 1.36. The molecule has 2 amide bonds. The summed E-state index contributed by atoms with van der Waals surface area (Å²) in [5.41, 5.74) is 0.939. The van der Waals surface area contributed by atoms with Gasteiger partial charge in [0.15, 0.2) is 0 Å². The average molecular weight is 548 g/mol. The number of hydrogen-bond donors (Lipinski definition) is 1. The van der Waals surface area contributed by atoms with Gasteiger partial charge in [0, 0.05) is 23.6 Å². The number of rotatable bonds is 10. The summed E-state index contributed by atoms with van der Waals surface area (Å²) in [5.74, 6) is -0.894. The summed E-state index contributed by atoms with van der Waals surface area (Å²) in [6, 6.07) is 20.5. The third-order valence-electron chi connectivity index (χ3n) is 5.57. The average Bonchev–Trinajstić information content (AvgIpc) is 2.87. The lowest BCUT2D eigenvalue weighted by molar-refractivity contribution is -0.140. The Morgan fingerprint density at radius 2 is 1.47 bits per heavy atom. The lowest BCUT2D eigenvalue weighted by Crippen LogP contribution is -2.51. The standard InChI is InChI=1S/C26H27Cl2N3O4S/c1-3-24(26(33)29-2)30(17-19-10-6-4-7-11-19)25(32)18-31(22-15-20(27)14-21(28)16-22)36(34,35)23-12-8-5-9-13-23/h4-16,24H,3,17-18H2,1-2H3,(H,29,33)/t24-/m1/s1. The van der Waals surface area contributed by atoms with Gasteiger partial charge in [0.05, 0.1) is 10.6 Å². The van der Waals surface area contributed by atoms with E-state index in [-0.39, 0.29) is 33.1 Å². The van der Waals surface area contributed by atoms with Gasteiger partial charge in [0.25, 0.3) is 10.0 Å². The van der Waals surface area contributed by atoms with Crippen LogP contribution in [0.25, 0.3) is 0 Å². The van der Waals surface area contributed by atoms with Gasteiger partial charge in [-0.25, -0.2) is 8.42 Å². The highest BCUT2D eigenvalue weighted by atomic mass is 35.5. The highest BCUT2D eigenvalue weighted by Gasteiger charge is 2.33. The van der Waals surface area contributed by atoms with E-state index in [0.29, 0.717) is 6.42 Å². The lowest BCUT2D eigenvalue weighted by Gasteiger charge is -2.33. The molecular weight excluding hydrogens is 521 g/mol. The number of nitrogens with one attached hydrogen (secondary N) is 1. The molecule has 36 heavy (non-hydrogen) atoms. The summed E-state index contributed by atoms with van der Waals surface area (Å²) in [7, 11) is -2.68. The van der Waals surface area contributed by atoms with Crippen LogP contribution in [0, 0.1) is 0 Å². The van der Waals surface area contributed by atoms with Gasteiger partial charge in [-0.15, -0.1) is 0 Å². The predicted octanol–water partition coefficient (Wildman–Crippen LogP) is 4.74. The molecule has 3 rings (SSSR count). The SMILES string of the molecule is CC[C@H](C(=O)NC)N(Cc1ccccc1)C(=O)CN(c1cc(Cl)cc(Cl)c1)S(=O)(=O)c1ccccc1. The largest absolute Gasteiger partial charge is 0.357 e. The highest BCUT2D eigenvalue weighted by molar-refractivity contribution is 7.92. The molecule has 190 valence electrons. The minimum atomic E-state index is -4.18. The molecule has 0 saturated carbocycles. The molecule has 3 aromatic carbocycles. The van der Waals surface area contributed by atoms with Crippen molar-refractivity contribution in [2.75, 3.05) is 17.9 Å². The van der Waals surface area contributed by atoms with E-state index in [1.807, 2.05) is 30.3 Å². The fourth-order valence-electron chi connectivity index (χ4n) is 3.80. The van der Waals surface area contributed by atoms with Crippen molar-refractivity contribution in [1.29, 1.82) is 0 Å². The first-order valence-electron chi connectivity index (χ1n) is 11.3. The third kappa shape index (κ3) is 6.57. The van der Waals surface area contributed by atoms with Crippen LogP contribution in [0.2, 0.25) is 10.0 Å². The predicted molar refractivity (Wildman–Crippen MR) is 143 cm³/mol. The first-order valence-corrected chi connectivity index (χ1v) is 13.5. The second kappa shape index (κ2) is 12.3. The molecule has 0 spiro atoms. The normalized spacial score (nSPS) is 12.0. The summed E-state index contributed by atoms with van der Waals surface area (Å²) in [4.78, 5) is 27.8. The van der Waals surface area contributed by atoms with Crippen LogP contribution >= 0.6 is 23.2 Å². The fraction of sp³-hybridized carbons (Fsp3) is 0.231. The van der Waals surface area contributed by atoms with Crippen LogP contribution in [0.5, 0.6) is 0 Å². The molecule has 0 saturated heterocycles. The van der Waals surface area contributed by atoms with E-state index in [1.165, 1.54) is 42.3 Å². The number of carbonyl (C=O) groups is 2. The Hall–Kier alpha value is -3.07. The van der Waals surface area contributed by atoms with E-state index in [0.717, 1.165) is 9.87 Å². The summed E-state index contributed by atoms with van der Waals surface area (Å²) >= 11 is 12.4. The van der Waals surface area contributed by atoms with Crippen LogP contribution < -0.4 is 9.62 Å². The van der Waals surface area contributed by atoms with Gasteiger partial charge >= 0.3 is 0 Å². The number of amides is 2. The Kier molecular flexibility index (Phi) is 9.37. The molecule has 0 aliphatic carbocycles. The Bertz CT molecular complexity index is 1290. The van der Waals surface area contributed by atoms with Crippen molar-refractivity contribution in [3.63, 3.8) is 0 Å². The maximum atomic E-state index is 13.8. The van der Waals surface area contributed by atoms with Crippen molar-refractivity contribution >= 4 is 50.7 Å². The summed E-state index contributed by atoms with van der Waals surface area (Å²) < 4.78 is 28.4. The number of halogens is 2. The number of anilines is 1. The van der Waals surface area contributed by atoms with Crippen molar-refractivity contribution in [2.45, 2.75) is 30.8 Å². The van der Waals surface area contributed by atoms with Crippen molar-refractivity contribution < 1.29 is 18.0 Å². The van der Waals surface area contributed by atoms with Crippen molar-refractivity contribution in [2.24, 2.45) is 0 Å². The monoisotopic (exact) mass is 547 g/mol. The summed E-state index contributed by atoms with van der Waals surface area (Å²) in [5, 5.41) is 3.03. The maximum Gasteiger partial charge on any atom is 0.264 e. The van der Waals surface area contributed by atoms with E-state index >= 15 is 0 Å². The first kappa shape index (κ1) is 27.5. The smallest absolute Gasteiger partial charge is 0.264 e. The van der Waals surface area contributed by atoms with Gasteiger partial charge in [-0.05, 0) is 42.3 Å². The molecule has 1 atom stereocenters. The molecule has 0 aliphatic rings. The molecule has 1 N–H and O–H groups in total. The van der Waals surface area contributed by atoms with E-state index < -0.39 is 28.5 Å². The van der Waals surface area contributed by atoms with Crippen molar-refractivity contribution in [1.82, 2.24) is 10.2 Å². The second-order valence-corrected chi connectivity index (χ2v) is 10.7. The molecule has 10 heteroatoms. The van der Waals surface area contributed by atoms with Crippen molar-refractivity contribution in [3.05, 3.63) is 94.5 Å². The number of benzene rings is 3. The zero-order valence-corrected chi connectivity index (χ0v) is 22.2. The molecule has 0 aliphatic heterocycles. The van der Waals surface area contributed by atoms with Crippen LogP contribution in [0.15, 0.2) is 83.8 Å². The zero-order valence-electron chi connectivity index (χ0n) is 19.9. The minimum Gasteiger partial charge on any atom is -0.357 e. The first-order chi connectivity index (χ1) is 17.2. The Labute approximate surface area is 221 Å². The number of carbonyl (C=O) groups excluding carboxylic acids is 2. The zero-order chi connectivity index (χ0) is 26.3. The van der Waals surface area contributed by atoms with Crippen LogP contribution in [0.4, 0.5) is 5.69 Å². The minimum absolute atomic E-state index is 0.00171. The van der Waals surface area contributed by atoms with Gasteiger partial charge in [-0.1, -0.05) is 78.7 Å². The number of sulfonamides is 1. The number of nitrogens with zero attached hydrogens (tertiary/aromatic N) is 2. The number of likely N-dealkylation sites (N-methyl/N-ethyl adjacent to an activating group) is 1. The van der Waals surface area contributed by atoms with Gasteiger partial charge in [0.2, 0.25) is 11.8 Å². The van der Waals surface area contributed by atoms with Crippen LogP contribution in [-0.2, 0) is 26.2 Å². The van der Waals surface area contributed by atoms with E-state index in [9.17, 15) is 18.0 Å². The Morgan fingerprint density at radius 3 is 2.00 bits per heavy atom. The van der Waals surface area contributed by atoms with Crippen LogP contribution in [-0.4, -0.2) is 44.8 Å². The van der Waals surface area contributed by atoms with Gasteiger partial charge in [-0.3, -0.25) is 13.9 Å². The lowest BCUT2D eigenvalue weighted by atomic mass is 10.1. The highest BCUT2D eigenvalue weighted by Crippen LogP contribution is 2.30. The second-order valence-electron chi connectivity index (χ2n) is 8.00. The fourth-order valence-corrected chi connectivity index (χ4v) is 5.73. The topological polar surface area (TPSA) is 86.8 Å². The number of hydrogen-bond acceptors (Lipinski definition) is 4.